The molecule has 16 heavy (non-hydrogen) atoms. The Morgan fingerprint density at radius 3 is 2.81 bits per heavy atom. The fourth-order valence-electron chi connectivity index (χ4n) is 1.22. The van der Waals surface area contributed by atoms with E-state index in [-0.39, 0.29) is 5.60 Å². The molecule has 1 aromatic heterocycles. The van der Waals surface area contributed by atoms with Crippen molar-refractivity contribution in [3.05, 3.63) is 30.1 Å². The van der Waals surface area contributed by atoms with Crippen LogP contribution in [0.15, 0.2) is 24.4 Å². The number of aromatic nitrogens is 1. The van der Waals surface area contributed by atoms with E-state index < -0.39 is 0 Å². The Balaban J connectivity index is 2.09. The smallest absolute Gasteiger partial charge is 0.0624 e. The van der Waals surface area contributed by atoms with Crippen molar-refractivity contribution in [3.63, 3.8) is 0 Å². The highest BCUT2D eigenvalue weighted by atomic mass is 16.5. The number of nitrogens with zero attached hydrogens (tertiary/aromatic N) is 1. The highest BCUT2D eigenvalue weighted by Gasteiger charge is 2.14. The summed E-state index contributed by atoms with van der Waals surface area (Å²) in [6.45, 7) is 8.78. The molecule has 0 atom stereocenters. The van der Waals surface area contributed by atoms with Crippen LogP contribution in [0.1, 0.15) is 32.9 Å². The van der Waals surface area contributed by atoms with E-state index in [0.29, 0.717) is 0 Å². The van der Waals surface area contributed by atoms with Crippen LogP contribution in [-0.4, -0.2) is 23.7 Å². The zero-order valence-corrected chi connectivity index (χ0v) is 10.5. The van der Waals surface area contributed by atoms with Crippen molar-refractivity contribution >= 4 is 0 Å². The van der Waals surface area contributed by atoms with Gasteiger partial charge in [0, 0.05) is 19.3 Å². The molecule has 0 amide bonds. The topological polar surface area (TPSA) is 34.1 Å². The Kier molecular flexibility index (Phi) is 5.43. The molecule has 0 spiro atoms. The summed E-state index contributed by atoms with van der Waals surface area (Å²) >= 11 is 0. The number of hydrogen-bond donors (Lipinski definition) is 1. The number of rotatable bonds is 7. The van der Waals surface area contributed by atoms with Crippen molar-refractivity contribution in [2.24, 2.45) is 0 Å². The summed E-state index contributed by atoms with van der Waals surface area (Å²) in [7, 11) is 0. The second kappa shape index (κ2) is 6.61. The van der Waals surface area contributed by atoms with Gasteiger partial charge in [-0.2, -0.15) is 0 Å². The first-order valence-electron chi connectivity index (χ1n) is 5.88. The molecule has 0 radical (unpaired) electrons. The minimum atomic E-state index is -0.00726. The van der Waals surface area contributed by atoms with Crippen LogP contribution < -0.4 is 5.32 Å². The number of hydrogen-bond acceptors (Lipinski definition) is 3. The third-order valence-corrected chi connectivity index (χ3v) is 2.66. The number of ether oxygens (including phenoxy) is 1. The van der Waals surface area contributed by atoms with Crippen molar-refractivity contribution in [2.75, 3.05) is 13.2 Å². The van der Waals surface area contributed by atoms with Gasteiger partial charge in [0.05, 0.1) is 17.9 Å². The zero-order valence-electron chi connectivity index (χ0n) is 10.5. The van der Waals surface area contributed by atoms with Gasteiger partial charge >= 0.3 is 0 Å². The normalized spacial score (nSPS) is 11.7. The van der Waals surface area contributed by atoms with Gasteiger partial charge in [-0.15, -0.1) is 0 Å². The quantitative estimate of drug-likeness (QED) is 0.719. The Hall–Kier alpha value is -0.930. The lowest BCUT2D eigenvalue weighted by Crippen LogP contribution is -2.28. The molecule has 3 nitrogen and oxygen atoms in total. The van der Waals surface area contributed by atoms with E-state index in [1.807, 2.05) is 24.4 Å². The molecule has 0 saturated carbocycles. The van der Waals surface area contributed by atoms with Crippen LogP contribution in [0.25, 0.3) is 0 Å². The molecule has 0 fully saturated rings. The highest BCUT2D eigenvalue weighted by Crippen LogP contribution is 2.12. The van der Waals surface area contributed by atoms with Crippen molar-refractivity contribution < 1.29 is 4.74 Å². The van der Waals surface area contributed by atoms with Gasteiger partial charge in [0.2, 0.25) is 0 Å². The van der Waals surface area contributed by atoms with E-state index >= 15 is 0 Å². The highest BCUT2D eigenvalue weighted by molar-refractivity contribution is 5.02. The van der Waals surface area contributed by atoms with Crippen LogP contribution in [0.5, 0.6) is 0 Å². The average molecular weight is 222 g/mol. The molecule has 0 saturated heterocycles. The minimum Gasteiger partial charge on any atom is -0.374 e. The second-order valence-corrected chi connectivity index (χ2v) is 4.46. The van der Waals surface area contributed by atoms with Gasteiger partial charge in [0.1, 0.15) is 0 Å². The SMILES string of the molecule is CCC(C)(C)OCCNCc1ccccn1. The summed E-state index contributed by atoms with van der Waals surface area (Å²) in [5.74, 6) is 0. The van der Waals surface area contributed by atoms with Crippen molar-refractivity contribution in [1.82, 2.24) is 10.3 Å². The van der Waals surface area contributed by atoms with E-state index in [2.05, 4.69) is 31.1 Å². The summed E-state index contributed by atoms with van der Waals surface area (Å²) in [6.07, 6.45) is 2.85. The van der Waals surface area contributed by atoms with Gasteiger partial charge in [-0.25, -0.2) is 0 Å². The number of pyridine rings is 1. The summed E-state index contributed by atoms with van der Waals surface area (Å²) in [4.78, 5) is 4.24. The molecule has 0 aromatic carbocycles. The summed E-state index contributed by atoms with van der Waals surface area (Å²) in [6, 6.07) is 5.95. The van der Waals surface area contributed by atoms with Gasteiger partial charge in [-0.3, -0.25) is 4.98 Å². The first-order chi connectivity index (χ1) is 7.64. The predicted octanol–water partition coefficient (Wildman–Crippen LogP) is 2.38. The van der Waals surface area contributed by atoms with Crippen molar-refractivity contribution in [2.45, 2.75) is 39.3 Å². The molecule has 0 aliphatic carbocycles. The molecule has 90 valence electrons. The van der Waals surface area contributed by atoms with Crippen LogP contribution in [0.4, 0.5) is 0 Å². The Bertz CT molecular complexity index is 285. The summed E-state index contributed by atoms with van der Waals surface area (Å²) < 4.78 is 5.73. The standard InChI is InChI=1S/C13H22N2O/c1-4-13(2,3)16-10-9-14-11-12-7-5-6-8-15-12/h5-8,14H,4,9-11H2,1-3H3. The predicted molar refractivity (Wildman–Crippen MR) is 66.3 cm³/mol. The van der Waals surface area contributed by atoms with E-state index in [0.717, 1.165) is 31.8 Å². The van der Waals surface area contributed by atoms with Gasteiger partial charge in [0.25, 0.3) is 0 Å². The Morgan fingerprint density at radius 1 is 1.38 bits per heavy atom. The molecule has 0 aliphatic heterocycles. The first kappa shape index (κ1) is 13.1. The molecule has 3 heteroatoms. The fraction of sp³-hybridized carbons (Fsp3) is 0.615. The largest absolute Gasteiger partial charge is 0.374 e. The van der Waals surface area contributed by atoms with Gasteiger partial charge in [-0.05, 0) is 32.4 Å². The molecular formula is C13H22N2O. The summed E-state index contributed by atoms with van der Waals surface area (Å²) in [5, 5.41) is 3.31. The van der Waals surface area contributed by atoms with Gasteiger partial charge < -0.3 is 10.1 Å². The van der Waals surface area contributed by atoms with E-state index in [9.17, 15) is 0 Å². The number of nitrogens with one attached hydrogen (secondary N) is 1. The van der Waals surface area contributed by atoms with Crippen LogP contribution in [0, 0.1) is 0 Å². The lowest BCUT2D eigenvalue weighted by Gasteiger charge is -2.23. The average Bonchev–Trinajstić information content (AvgIpc) is 2.30. The first-order valence-corrected chi connectivity index (χ1v) is 5.88. The van der Waals surface area contributed by atoms with E-state index in [4.69, 9.17) is 4.74 Å². The second-order valence-electron chi connectivity index (χ2n) is 4.46. The molecular weight excluding hydrogens is 200 g/mol. The third-order valence-electron chi connectivity index (χ3n) is 2.66. The van der Waals surface area contributed by atoms with Crippen LogP contribution in [-0.2, 0) is 11.3 Å². The minimum absolute atomic E-state index is 0.00726. The van der Waals surface area contributed by atoms with Crippen molar-refractivity contribution in [3.8, 4) is 0 Å². The molecule has 0 bridgehead atoms. The Morgan fingerprint density at radius 2 is 2.19 bits per heavy atom. The van der Waals surface area contributed by atoms with E-state index in [1.165, 1.54) is 0 Å². The van der Waals surface area contributed by atoms with E-state index in [1.54, 1.807) is 0 Å². The van der Waals surface area contributed by atoms with Crippen molar-refractivity contribution in [1.29, 1.82) is 0 Å². The molecule has 0 unspecified atom stereocenters. The van der Waals surface area contributed by atoms with Gasteiger partial charge in [0.15, 0.2) is 0 Å². The molecule has 0 aliphatic rings. The van der Waals surface area contributed by atoms with Crippen LogP contribution in [0.2, 0.25) is 0 Å². The Labute approximate surface area is 98.2 Å². The molecule has 1 heterocycles. The molecule has 1 aromatic rings. The van der Waals surface area contributed by atoms with Gasteiger partial charge in [-0.1, -0.05) is 13.0 Å². The molecule has 1 N–H and O–H groups in total. The molecule has 1 rings (SSSR count). The fourth-order valence-corrected chi connectivity index (χ4v) is 1.22. The van der Waals surface area contributed by atoms with Crippen LogP contribution >= 0.6 is 0 Å². The lowest BCUT2D eigenvalue weighted by molar-refractivity contribution is -0.0181. The zero-order chi connectivity index (χ0) is 11.9. The maximum Gasteiger partial charge on any atom is 0.0624 e. The maximum atomic E-state index is 5.73. The monoisotopic (exact) mass is 222 g/mol. The lowest BCUT2D eigenvalue weighted by atomic mass is 10.1. The third kappa shape index (κ3) is 5.24. The maximum absolute atomic E-state index is 5.73. The summed E-state index contributed by atoms with van der Waals surface area (Å²) in [5.41, 5.74) is 1.06. The van der Waals surface area contributed by atoms with Crippen LogP contribution in [0.3, 0.4) is 0 Å².